The maximum Gasteiger partial charge on any atom is 0.239 e. The van der Waals surface area contributed by atoms with Crippen LogP contribution in [-0.4, -0.2) is 36.5 Å². The van der Waals surface area contributed by atoms with Gasteiger partial charge in [0.15, 0.2) is 11.6 Å². The predicted octanol–water partition coefficient (Wildman–Crippen LogP) is -0.620. The highest BCUT2D eigenvalue weighted by atomic mass is 19.1. The number of nitrogen functional groups attached to an aromatic ring is 1. The van der Waals surface area contributed by atoms with E-state index >= 15 is 0 Å². The number of nitrogens with two attached hydrogens (primary N) is 1. The van der Waals surface area contributed by atoms with Crippen molar-refractivity contribution in [2.75, 3.05) is 31.3 Å². The Balaban J connectivity index is 2.85. The summed E-state index contributed by atoms with van der Waals surface area (Å²) in [7, 11) is 3.04. The van der Waals surface area contributed by atoms with E-state index in [4.69, 9.17) is 5.73 Å². The fourth-order valence-electron chi connectivity index (χ4n) is 1.01. The molecule has 0 aliphatic heterocycles. The molecule has 82 valence electrons. The van der Waals surface area contributed by atoms with Crippen LogP contribution >= 0.6 is 0 Å². The fourth-order valence-corrected chi connectivity index (χ4v) is 1.01. The summed E-state index contributed by atoms with van der Waals surface area (Å²) >= 11 is 0. The lowest BCUT2D eigenvalue weighted by Gasteiger charge is -2.17. The number of halogens is 1. The Morgan fingerprint density at radius 1 is 1.73 bits per heavy atom. The van der Waals surface area contributed by atoms with Crippen LogP contribution in [0.5, 0.6) is 0 Å². The number of carbonyl (C=O) groups is 1. The lowest BCUT2D eigenvalue weighted by Crippen LogP contribution is -2.34. The van der Waals surface area contributed by atoms with Crippen LogP contribution in [0.2, 0.25) is 0 Å². The van der Waals surface area contributed by atoms with E-state index in [1.807, 2.05) is 0 Å². The molecule has 1 amide bonds. The first-order valence-corrected chi connectivity index (χ1v) is 4.24. The molecule has 1 rings (SSSR count). The number of anilines is 2. The molecule has 1 aromatic heterocycles. The van der Waals surface area contributed by atoms with E-state index in [0.29, 0.717) is 0 Å². The summed E-state index contributed by atoms with van der Waals surface area (Å²) in [6.45, 7) is 0.00384. The molecule has 3 N–H and O–H groups in total. The van der Waals surface area contributed by atoms with Gasteiger partial charge in [-0.3, -0.25) is 4.79 Å². The number of aromatic nitrogens is 2. The largest absolute Gasteiger partial charge is 0.368 e. The zero-order valence-corrected chi connectivity index (χ0v) is 8.49. The Morgan fingerprint density at radius 3 is 3.00 bits per heavy atom. The van der Waals surface area contributed by atoms with Crippen molar-refractivity contribution in [3.05, 3.63) is 12.0 Å². The Morgan fingerprint density at radius 2 is 2.40 bits per heavy atom. The van der Waals surface area contributed by atoms with E-state index in [-0.39, 0.29) is 24.2 Å². The molecule has 0 atom stereocenters. The van der Waals surface area contributed by atoms with Crippen LogP contribution in [0.1, 0.15) is 0 Å². The Hall–Kier alpha value is -1.92. The predicted molar refractivity (Wildman–Crippen MR) is 53.7 cm³/mol. The third-order valence-corrected chi connectivity index (χ3v) is 1.77. The lowest BCUT2D eigenvalue weighted by atomic mass is 10.4. The van der Waals surface area contributed by atoms with Crippen LogP contribution < -0.4 is 16.0 Å². The van der Waals surface area contributed by atoms with Crippen molar-refractivity contribution >= 4 is 17.7 Å². The van der Waals surface area contributed by atoms with Crippen LogP contribution in [0.25, 0.3) is 0 Å². The van der Waals surface area contributed by atoms with Gasteiger partial charge in [0.2, 0.25) is 11.9 Å². The molecule has 0 fully saturated rings. The smallest absolute Gasteiger partial charge is 0.239 e. The molecular formula is C8H12FN5O. The topological polar surface area (TPSA) is 84.1 Å². The molecule has 0 saturated carbocycles. The van der Waals surface area contributed by atoms with E-state index < -0.39 is 5.82 Å². The number of nitrogens with one attached hydrogen (secondary N) is 1. The van der Waals surface area contributed by atoms with E-state index in [0.717, 1.165) is 6.20 Å². The molecule has 0 aliphatic rings. The number of hydrogen-bond donors (Lipinski definition) is 2. The first kappa shape index (κ1) is 11.2. The minimum Gasteiger partial charge on any atom is -0.368 e. The standard InChI is InChI=1S/C8H12FN5O/c1-11-6(15)4-14(2)7-5(9)3-12-8(10)13-7/h3H,4H2,1-2H3,(H,11,15)(H2,10,12,13). The second kappa shape index (κ2) is 4.54. The quantitative estimate of drug-likeness (QED) is 0.699. The second-order valence-electron chi connectivity index (χ2n) is 2.93. The SMILES string of the molecule is CNC(=O)CN(C)c1nc(N)ncc1F. The van der Waals surface area contributed by atoms with Gasteiger partial charge in [-0.05, 0) is 0 Å². The van der Waals surface area contributed by atoms with Crippen molar-refractivity contribution in [1.82, 2.24) is 15.3 Å². The zero-order chi connectivity index (χ0) is 11.4. The van der Waals surface area contributed by atoms with Gasteiger partial charge in [-0.1, -0.05) is 0 Å². The summed E-state index contributed by atoms with van der Waals surface area (Å²) in [5.41, 5.74) is 5.31. The summed E-state index contributed by atoms with van der Waals surface area (Å²) in [5.74, 6) is -0.883. The van der Waals surface area contributed by atoms with Crippen molar-refractivity contribution in [3.8, 4) is 0 Å². The van der Waals surface area contributed by atoms with Gasteiger partial charge in [0, 0.05) is 14.1 Å². The minimum atomic E-state index is -0.615. The third-order valence-electron chi connectivity index (χ3n) is 1.77. The summed E-state index contributed by atoms with van der Waals surface area (Å²) in [6.07, 6.45) is 0.970. The van der Waals surface area contributed by atoms with Crippen molar-refractivity contribution in [2.24, 2.45) is 0 Å². The Bertz CT molecular complexity index is 370. The molecule has 1 aromatic rings. The average molecular weight is 213 g/mol. The fraction of sp³-hybridized carbons (Fsp3) is 0.375. The molecule has 0 unspecified atom stereocenters. The van der Waals surface area contributed by atoms with Gasteiger partial charge in [-0.15, -0.1) is 0 Å². The first-order valence-electron chi connectivity index (χ1n) is 4.24. The third kappa shape index (κ3) is 2.76. The van der Waals surface area contributed by atoms with Gasteiger partial charge in [-0.2, -0.15) is 4.98 Å². The summed E-state index contributed by atoms with van der Waals surface area (Å²) in [6, 6.07) is 0. The second-order valence-corrected chi connectivity index (χ2v) is 2.93. The number of rotatable bonds is 3. The first-order chi connectivity index (χ1) is 7.04. The summed E-state index contributed by atoms with van der Waals surface area (Å²) < 4.78 is 13.2. The van der Waals surface area contributed by atoms with Gasteiger partial charge in [0.25, 0.3) is 0 Å². The number of hydrogen-bond acceptors (Lipinski definition) is 5. The molecule has 0 aromatic carbocycles. The van der Waals surface area contributed by atoms with Crippen molar-refractivity contribution in [3.63, 3.8) is 0 Å². The average Bonchev–Trinajstić information content (AvgIpc) is 2.21. The van der Waals surface area contributed by atoms with E-state index in [9.17, 15) is 9.18 Å². The molecule has 15 heavy (non-hydrogen) atoms. The van der Waals surface area contributed by atoms with Crippen LogP contribution in [0.15, 0.2) is 6.20 Å². The zero-order valence-electron chi connectivity index (χ0n) is 8.49. The number of carbonyl (C=O) groups excluding carboxylic acids is 1. The van der Waals surface area contributed by atoms with Crippen LogP contribution in [0, 0.1) is 5.82 Å². The highest BCUT2D eigenvalue weighted by molar-refractivity contribution is 5.80. The van der Waals surface area contributed by atoms with Crippen LogP contribution in [0.4, 0.5) is 16.2 Å². The van der Waals surface area contributed by atoms with Crippen LogP contribution in [-0.2, 0) is 4.79 Å². The van der Waals surface area contributed by atoms with E-state index in [2.05, 4.69) is 15.3 Å². The molecular weight excluding hydrogens is 201 g/mol. The van der Waals surface area contributed by atoms with Crippen molar-refractivity contribution in [2.45, 2.75) is 0 Å². The number of amides is 1. The molecule has 7 heteroatoms. The molecule has 1 heterocycles. The van der Waals surface area contributed by atoms with Gasteiger partial charge in [-0.25, -0.2) is 9.37 Å². The maximum absolute atomic E-state index is 13.2. The Labute approximate surface area is 86.3 Å². The van der Waals surface area contributed by atoms with Crippen molar-refractivity contribution < 1.29 is 9.18 Å². The van der Waals surface area contributed by atoms with Gasteiger partial charge < -0.3 is 16.0 Å². The molecule has 0 radical (unpaired) electrons. The molecule has 0 saturated heterocycles. The van der Waals surface area contributed by atoms with Gasteiger partial charge >= 0.3 is 0 Å². The normalized spacial score (nSPS) is 9.80. The lowest BCUT2D eigenvalue weighted by molar-refractivity contribution is -0.119. The Kier molecular flexibility index (Phi) is 3.37. The van der Waals surface area contributed by atoms with E-state index in [1.165, 1.54) is 11.9 Å². The maximum atomic E-state index is 13.2. The van der Waals surface area contributed by atoms with Crippen LogP contribution in [0.3, 0.4) is 0 Å². The van der Waals surface area contributed by atoms with Gasteiger partial charge in [0.05, 0.1) is 12.7 Å². The van der Waals surface area contributed by atoms with E-state index in [1.54, 1.807) is 7.05 Å². The highest BCUT2D eigenvalue weighted by Crippen LogP contribution is 2.13. The minimum absolute atomic E-state index is 0.00384. The molecule has 0 aliphatic carbocycles. The highest BCUT2D eigenvalue weighted by Gasteiger charge is 2.12. The summed E-state index contributed by atoms with van der Waals surface area (Å²) in [4.78, 5) is 19.6. The van der Waals surface area contributed by atoms with Gasteiger partial charge in [0.1, 0.15) is 0 Å². The molecule has 6 nitrogen and oxygen atoms in total. The number of nitrogens with zero attached hydrogens (tertiary/aromatic N) is 3. The molecule has 0 spiro atoms. The summed E-state index contributed by atoms with van der Waals surface area (Å²) in [5, 5.41) is 2.42. The monoisotopic (exact) mass is 213 g/mol. The number of likely N-dealkylation sites (N-methyl/N-ethyl adjacent to an activating group) is 2. The van der Waals surface area contributed by atoms with Crippen molar-refractivity contribution in [1.29, 1.82) is 0 Å². The molecule has 0 bridgehead atoms.